The lowest BCUT2D eigenvalue weighted by Crippen LogP contribution is -2.54. The van der Waals surface area contributed by atoms with Crippen molar-refractivity contribution in [3.63, 3.8) is 0 Å². The van der Waals surface area contributed by atoms with Gasteiger partial charge in [0.2, 0.25) is 5.90 Å². The minimum absolute atomic E-state index is 0.0441. The van der Waals surface area contributed by atoms with Crippen molar-refractivity contribution in [3.8, 4) is 5.75 Å². The summed E-state index contributed by atoms with van der Waals surface area (Å²) in [4.78, 5) is 22.6. The molecule has 0 aliphatic carbocycles. The largest absolute Gasteiger partial charge is 0.494 e. The van der Waals surface area contributed by atoms with E-state index in [0.29, 0.717) is 47.9 Å². The minimum atomic E-state index is -1.47. The van der Waals surface area contributed by atoms with E-state index in [-0.39, 0.29) is 31.4 Å². The van der Waals surface area contributed by atoms with Crippen molar-refractivity contribution < 1.29 is 19.4 Å². The first-order valence-electron chi connectivity index (χ1n) is 15.1. The molecule has 3 N–H and O–H groups in total. The quantitative estimate of drug-likeness (QED) is 0.0398. The maximum absolute atomic E-state index is 14.5. The van der Waals surface area contributed by atoms with E-state index in [1.165, 1.54) is 0 Å². The number of amides is 1. The van der Waals surface area contributed by atoms with Crippen LogP contribution in [0.1, 0.15) is 40.3 Å². The van der Waals surface area contributed by atoms with Crippen LogP contribution >= 0.6 is 27.5 Å². The highest BCUT2D eigenvalue weighted by Gasteiger charge is 2.54. The molecule has 0 aromatic heterocycles. The van der Waals surface area contributed by atoms with Gasteiger partial charge in [-0.05, 0) is 76.7 Å². The monoisotopic (exact) mass is 716 g/mol. The highest BCUT2D eigenvalue weighted by Crippen LogP contribution is 2.44. The molecule has 4 aromatic rings. The molecule has 0 saturated heterocycles. The van der Waals surface area contributed by atoms with E-state index >= 15 is 0 Å². The first-order chi connectivity index (χ1) is 22.9. The summed E-state index contributed by atoms with van der Waals surface area (Å²) < 4.78 is 13.2. The SMILES string of the molecule is [N-]=[N+]=NCc1ccccc1[C@@H]1OC(c2ccc(OCCCO)cc2)=N[C@]1(Cc1ccccc1Br)C(=O)NNCCc1cccc(Cl)c1. The van der Waals surface area contributed by atoms with Crippen LogP contribution < -0.4 is 15.6 Å². The number of nitrogens with one attached hydrogen (secondary N) is 2. The van der Waals surface area contributed by atoms with E-state index in [1.54, 1.807) is 12.1 Å². The molecule has 5 rings (SSSR count). The smallest absolute Gasteiger partial charge is 0.266 e. The topological polar surface area (TPSA) is 141 Å². The van der Waals surface area contributed by atoms with Crippen LogP contribution in [0, 0.1) is 0 Å². The van der Waals surface area contributed by atoms with E-state index in [4.69, 9.17) is 36.7 Å². The Morgan fingerprint density at radius 1 is 1.06 bits per heavy atom. The summed E-state index contributed by atoms with van der Waals surface area (Å²) >= 11 is 9.82. The van der Waals surface area contributed by atoms with E-state index in [9.17, 15) is 4.79 Å². The lowest BCUT2D eigenvalue weighted by Gasteiger charge is -2.32. The van der Waals surface area contributed by atoms with Gasteiger partial charge in [0.25, 0.3) is 5.91 Å². The van der Waals surface area contributed by atoms with Gasteiger partial charge in [-0.1, -0.05) is 87.2 Å². The summed E-state index contributed by atoms with van der Waals surface area (Å²) in [6, 6.07) is 30.0. The van der Waals surface area contributed by atoms with Crippen LogP contribution in [0.5, 0.6) is 5.75 Å². The van der Waals surface area contributed by atoms with E-state index < -0.39 is 11.6 Å². The molecule has 1 aliphatic rings. The number of aliphatic hydroxyl groups excluding tert-OH is 1. The summed E-state index contributed by atoms with van der Waals surface area (Å²) in [7, 11) is 0. The van der Waals surface area contributed by atoms with Crippen LogP contribution in [0.3, 0.4) is 0 Å². The van der Waals surface area contributed by atoms with Gasteiger partial charge in [-0.3, -0.25) is 10.2 Å². The van der Waals surface area contributed by atoms with Gasteiger partial charge in [-0.25, -0.2) is 10.4 Å². The summed E-state index contributed by atoms with van der Waals surface area (Å²) in [6.45, 7) is 0.955. The number of aliphatic imine (C=N–C) groups is 1. The minimum Gasteiger partial charge on any atom is -0.494 e. The Morgan fingerprint density at radius 3 is 2.57 bits per heavy atom. The maximum Gasteiger partial charge on any atom is 0.266 e. The number of azide groups is 1. The molecular formula is C35H34BrClN6O4. The Balaban J connectivity index is 1.53. The van der Waals surface area contributed by atoms with Crippen LogP contribution in [-0.2, 0) is 28.9 Å². The fourth-order valence-corrected chi connectivity index (χ4v) is 6.02. The molecule has 0 spiro atoms. The number of ether oxygens (including phenoxy) is 2. The van der Waals surface area contributed by atoms with Gasteiger partial charge in [-0.2, -0.15) is 0 Å². The predicted octanol–water partition coefficient (Wildman–Crippen LogP) is 7.04. The average Bonchev–Trinajstić information content (AvgIpc) is 3.47. The number of carbonyl (C=O) groups is 1. The number of nitrogens with zero attached hydrogens (tertiary/aromatic N) is 4. The Bertz CT molecular complexity index is 1770. The van der Waals surface area contributed by atoms with Crippen LogP contribution in [-0.4, -0.2) is 42.2 Å². The number of rotatable bonds is 15. The zero-order valence-corrected chi connectivity index (χ0v) is 27.8. The molecule has 0 bridgehead atoms. The van der Waals surface area contributed by atoms with E-state index in [0.717, 1.165) is 21.2 Å². The van der Waals surface area contributed by atoms with Gasteiger partial charge in [-0.15, -0.1) is 0 Å². The third kappa shape index (κ3) is 8.51. The zero-order valence-electron chi connectivity index (χ0n) is 25.5. The highest BCUT2D eigenvalue weighted by molar-refractivity contribution is 9.10. The second kappa shape index (κ2) is 16.4. The number of hydrazine groups is 1. The van der Waals surface area contributed by atoms with Crippen LogP contribution in [0.15, 0.2) is 112 Å². The Morgan fingerprint density at radius 2 is 1.83 bits per heavy atom. The number of hydrogen-bond acceptors (Lipinski definition) is 7. The molecule has 1 aliphatic heterocycles. The molecule has 1 heterocycles. The number of halogens is 2. The number of aliphatic hydroxyl groups is 1. The molecule has 1 amide bonds. The number of carbonyl (C=O) groups excluding carboxylic acids is 1. The fraction of sp³-hybridized carbons (Fsp3) is 0.257. The summed E-state index contributed by atoms with van der Waals surface area (Å²) in [6.07, 6.45) is 0.482. The fourth-order valence-electron chi connectivity index (χ4n) is 5.38. The van der Waals surface area contributed by atoms with Gasteiger partial charge in [0.05, 0.1) is 13.2 Å². The van der Waals surface area contributed by atoms with Gasteiger partial charge >= 0.3 is 0 Å². The molecular weight excluding hydrogens is 684 g/mol. The third-order valence-corrected chi connectivity index (χ3v) is 8.73. The number of hydrogen-bond donors (Lipinski definition) is 3. The summed E-state index contributed by atoms with van der Waals surface area (Å²) in [5.41, 5.74) is 17.6. The molecule has 0 unspecified atom stereocenters. The van der Waals surface area contributed by atoms with E-state index in [2.05, 4.69) is 36.8 Å². The molecule has 0 saturated carbocycles. The lowest BCUT2D eigenvalue weighted by molar-refractivity contribution is -0.130. The van der Waals surface area contributed by atoms with Crippen molar-refractivity contribution in [1.29, 1.82) is 0 Å². The Kier molecular flexibility index (Phi) is 11.9. The molecule has 242 valence electrons. The normalized spacial score (nSPS) is 16.9. The van der Waals surface area contributed by atoms with Crippen molar-refractivity contribution >= 4 is 39.3 Å². The molecule has 47 heavy (non-hydrogen) atoms. The predicted molar refractivity (Wildman–Crippen MR) is 185 cm³/mol. The molecule has 0 radical (unpaired) electrons. The van der Waals surface area contributed by atoms with Crippen molar-refractivity contribution in [3.05, 3.63) is 145 Å². The van der Waals surface area contributed by atoms with Crippen molar-refractivity contribution in [2.75, 3.05) is 19.8 Å². The van der Waals surface area contributed by atoms with Crippen LogP contribution in [0.25, 0.3) is 10.4 Å². The molecule has 4 aromatic carbocycles. The highest BCUT2D eigenvalue weighted by atomic mass is 79.9. The van der Waals surface area contributed by atoms with Crippen molar-refractivity contribution in [2.45, 2.75) is 37.5 Å². The number of benzene rings is 4. The second-order valence-electron chi connectivity index (χ2n) is 10.9. The standard InChI is InChI=1S/C35H34BrClN6O4/c36-31-12-4-2-8-26(31)22-35(34(45)42-39-18-17-24-7-5-10-28(37)21-24)32(30-11-3-1-9-27(30)23-40-43-38)47-33(41-35)25-13-15-29(16-14-25)46-20-6-19-44/h1-5,7-16,21,32,39,44H,6,17-20,22-23H2,(H,42,45)/t32-,35-/m0/s1. The molecule has 0 fully saturated rings. The van der Waals surface area contributed by atoms with Crippen molar-refractivity contribution in [2.24, 2.45) is 10.1 Å². The van der Waals surface area contributed by atoms with Gasteiger partial charge in [0, 0.05) is 46.0 Å². The van der Waals surface area contributed by atoms with Crippen molar-refractivity contribution in [1.82, 2.24) is 10.9 Å². The molecule has 10 nitrogen and oxygen atoms in total. The summed E-state index contributed by atoms with van der Waals surface area (Å²) in [5.74, 6) is 0.539. The third-order valence-electron chi connectivity index (χ3n) is 7.72. The lowest BCUT2D eigenvalue weighted by atomic mass is 9.80. The first-order valence-corrected chi connectivity index (χ1v) is 16.3. The Hall–Kier alpha value is -4.38. The zero-order chi connectivity index (χ0) is 33.1. The average molecular weight is 718 g/mol. The van der Waals surface area contributed by atoms with Gasteiger partial charge in [0.15, 0.2) is 11.6 Å². The summed E-state index contributed by atoms with van der Waals surface area (Å²) in [5, 5.41) is 13.5. The van der Waals surface area contributed by atoms with Crippen LogP contribution in [0.4, 0.5) is 0 Å². The molecule has 12 heteroatoms. The van der Waals surface area contributed by atoms with E-state index in [1.807, 2.05) is 84.9 Å². The Labute approximate surface area is 286 Å². The van der Waals surface area contributed by atoms with Gasteiger partial charge < -0.3 is 14.6 Å². The van der Waals surface area contributed by atoms with Gasteiger partial charge in [0.1, 0.15) is 5.75 Å². The van der Waals surface area contributed by atoms with Crippen LogP contribution in [0.2, 0.25) is 5.02 Å². The maximum atomic E-state index is 14.5. The molecule has 2 atom stereocenters. The first kappa shape index (κ1) is 34.0. The second-order valence-corrected chi connectivity index (χ2v) is 12.2.